The molecule has 0 aliphatic carbocycles. The molecule has 1 saturated heterocycles. The van der Waals surface area contributed by atoms with Crippen LogP contribution in [0.5, 0.6) is 0 Å². The number of primary sulfonamides is 1. The molecule has 0 saturated carbocycles. The summed E-state index contributed by atoms with van der Waals surface area (Å²) < 4.78 is 60.6. The maximum absolute atomic E-state index is 12.7. The van der Waals surface area contributed by atoms with Crippen molar-refractivity contribution in [3.05, 3.63) is 28.8 Å². The number of alkyl halides is 3. The fraction of sp³-hybridized carbons (Fsp3) is 0.364. The molecule has 0 aromatic heterocycles. The van der Waals surface area contributed by atoms with E-state index in [1.54, 1.807) is 0 Å². The monoisotopic (exact) mass is 342 g/mol. The summed E-state index contributed by atoms with van der Waals surface area (Å²) in [6.45, 7) is -0.321. The van der Waals surface area contributed by atoms with E-state index in [9.17, 15) is 26.4 Å². The number of hydrogen-bond donors (Lipinski definition) is 1. The van der Waals surface area contributed by atoms with Gasteiger partial charge in [0.1, 0.15) is 5.25 Å². The topological polar surface area (TPSA) is 80.5 Å². The van der Waals surface area contributed by atoms with E-state index in [2.05, 4.69) is 0 Å². The molecule has 1 aromatic carbocycles. The molecule has 2 N–H and O–H groups in total. The lowest BCUT2D eigenvalue weighted by Crippen LogP contribution is -2.32. The number of carbonyl (C=O) groups excluding carboxylic acids is 1. The van der Waals surface area contributed by atoms with Gasteiger partial charge in [-0.15, -0.1) is 0 Å². The van der Waals surface area contributed by atoms with Crippen molar-refractivity contribution in [3.8, 4) is 0 Å². The van der Waals surface area contributed by atoms with Crippen LogP contribution >= 0.6 is 11.6 Å². The van der Waals surface area contributed by atoms with Gasteiger partial charge in [-0.25, -0.2) is 13.6 Å². The van der Waals surface area contributed by atoms with Gasteiger partial charge < -0.3 is 4.90 Å². The molecular formula is C11H10ClF3N2O3S. The standard InChI is InChI=1S/C11H10ClF3N2O3S/c12-8-2-1-6(11(13,14)15)3-9(8)17-5-7(4-10(17)18)21(16,19)20/h1-3,7H,4-5H2,(H2,16,19,20). The maximum Gasteiger partial charge on any atom is 0.416 e. The Morgan fingerprint density at radius 3 is 2.43 bits per heavy atom. The number of amides is 1. The first-order chi connectivity index (χ1) is 9.50. The highest BCUT2D eigenvalue weighted by molar-refractivity contribution is 7.89. The second kappa shape index (κ2) is 5.15. The molecule has 1 fully saturated rings. The Balaban J connectivity index is 2.41. The third kappa shape index (κ3) is 3.30. The second-order valence-corrected chi connectivity index (χ2v) is 6.84. The highest BCUT2D eigenvalue weighted by Gasteiger charge is 2.39. The van der Waals surface area contributed by atoms with E-state index in [0.29, 0.717) is 6.07 Å². The lowest BCUT2D eigenvalue weighted by Gasteiger charge is -2.19. The quantitative estimate of drug-likeness (QED) is 0.889. The molecular weight excluding hydrogens is 333 g/mol. The Morgan fingerprint density at radius 2 is 1.95 bits per heavy atom. The number of nitrogens with zero attached hydrogens (tertiary/aromatic N) is 1. The van der Waals surface area contributed by atoms with E-state index < -0.39 is 32.9 Å². The summed E-state index contributed by atoms with van der Waals surface area (Å²) in [5.74, 6) is -0.643. The van der Waals surface area contributed by atoms with Crippen LogP contribution in [0.4, 0.5) is 18.9 Å². The number of sulfonamides is 1. The second-order valence-electron chi connectivity index (χ2n) is 4.58. The van der Waals surface area contributed by atoms with Crippen LogP contribution < -0.4 is 10.0 Å². The van der Waals surface area contributed by atoms with Crippen LogP contribution in [0.1, 0.15) is 12.0 Å². The van der Waals surface area contributed by atoms with Gasteiger partial charge in [0, 0.05) is 13.0 Å². The molecule has 1 heterocycles. The average Bonchev–Trinajstić information content (AvgIpc) is 2.70. The minimum absolute atomic E-state index is 0.0774. The van der Waals surface area contributed by atoms with Gasteiger partial charge in [0.15, 0.2) is 0 Å². The Kier molecular flexibility index (Phi) is 3.94. The fourth-order valence-electron chi connectivity index (χ4n) is 2.02. The number of anilines is 1. The van der Waals surface area contributed by atoms with Crippen LogP contribution in [0.15, 0.2) is 18.2 Å². The summed E-state index contributed by atoms with van der Waals surface area (Å²) >= 11 is 5.81. The minimum atomic E-state index is -4.60. The van der Waals surface area contributed by atoms with Crippen LogP contribution in [-0.2, 0) is 21.0 Å². The number of halogens is 4. The van der Waals surface area contributed by atoms with Crippen LogP contribution in [0.3, 0.4) is 0 Å². The zero-order chi connectivity index (χ0) is 16.0. The van der Waals surface area contributed by atoms with E-state index in [1.807, 2.05) is 0 Å². The van der Waals surface area contributed by atoms with Gasteiger partial charge in [-0.1, -0.05) is 11.6 Å². The SMILES string of the molecule is NS(=O)(=O)C1CC(=O)N(c2cc(C(F)(F)F)ccc2Cl)C1. The molecule has 1 aliphatic rings. The maximum atomic E-state index is 12.7. The predicted molar refractivity (Wildman–Crippen MR) is 70.3 cm³/mol. The van der Waals surface area contributed by atoms with E-state index in [1.165, 1.54) is 0 Å². The van der Waals surface area contributed by atoms with Gasteiger partial charge in [0.25, 0.3) is 0 Å². The molecule has 1 atom stereocenters. The van der Waals surface area contributed by atoms with Crippen LogP contribution in [-0.4, -0.2) is 26.1 Å². The molecule has 116 valence electrons. The molecule has 1 amide bonds. The first kappa shape index (κ1) is 16.1. The van der Waals surface area contributed by atoms with E-state index in [4.69, 9.17) is 16.7 Å². The van der Waals surface area contributed by atoms with Crippen molar-refractivity contribution >= 4 is 33.2 Å². The first-order valence-corrected chi connectivity index (χ1v) is 7.67. The van der Waals surface area contributed by atoms with Crippen molar-refractivity contribution in [1.29, 1.82) is 0 Å². The van der Waals surface area contributed by atoms with E-state index in [-0.39, 0.29) is 23.7 Å². The molecule has 10 heteroatoms. The summed E-state index contributed by atoms with van der Waals surface area (Å²) in [6.07, 6.45) is -4.98. The van der Waals surface area contributed by atoms with Gasteiger partial charge >= 0.3 is 6.18 Å². The number of hydrogen-bond acceptors (Lipinski definition) is 3. The first-order valence-electron chi connectivity index (χ1n) is 5.69. The zero-order valence-electron chi connectivity index (χ0n) is 10.4. The third-order valence-corrected chi connectivity index (χ3v) is 4.68. The van der Waals surface area contributed by atoms with Crippen molar-refractivity contribution in [1.82, 2.24) is 0 Å². The number of carbonyl (C=O) groups is 1. The number of nitrogens with two attached hydrogens (primary N) is 1. The highest BCUT2D eigenvalue weighted by Crippen LogP contribution is 2.37. The molecule has 1 aliphatic heterocycles. The predicted octanol–water partition coefficient (Wildman–Crippen LogP) is 1.75. The number of rotatable bonds is 2. The largest absolute Gasteiger partial charge is 0.416 e. The van der Waals surface area contributed by atoms with Crippen molar-refractivity contribution in [2.24, 2.45) is 5.14 Å². The van der Waals surface area contributed by atoms with Crippen LogP contribution in [0.25, 0.3) is 0 Å². The normalized spacial score (nSPS) is 20.1. The van der Waals surface area contributed by atoms with Crippen molar-refractivity contribution in [2.75, 3.05) is 11.4 Å². The van der Waals surface area contributed by atoms with Gasteiger partial charge in [0.2, 0.25) is 15.9 Å². The molecule has 1 unspecified atom stereocenters. The summed E-state index contributed by atoms with van der Waals surface area (Å²) in [6, 6.07) is 2.51. The minimum Gasteiger partial charge on any atom is -0.310 e. The van der Waals surface area contributed by atoms with Gasteiger partial charge in [-0.2, -0.15) is 13.2 Å². The number of benzene rings is 1. The van der Waals surface area contributed by atoms with Crippen LogP contribution in [0.2, 0.25) is 5.02 Å². The molecule has 0 radical (unpaired) electrons. The Bertz CT molecular complexity index is 690. The summed E-state index contributed by atoms with van der Waals surface area (Å²) in [4.78, 5) is 12.7. The van der Waals surface area contributed by atoms with Gasteiger partial charge in [0.05, 0.1) is 16.3 Å². The Labute approximate surface area is 123 Å². The Hall–Kier alpha value is -1.32. The lowest BCUT2D eigenvalue weighted by atomic mass is 10.2. The van der Waals surface area contributed by atoms with E-state index in [0.717, 1.165) is 17.0 Å². The van der Waals surface area contributed by atoms with Gasteiger partial charge in [-0.05, 0) is 18.2 Å². The molecule has 2 rings (SSSR count). The molecule has 5 nitrogen and oxygen atoms in total. The Morgan fingerprint density at radius 1 is 1.33 bits per heavy atom. The van der Waals surface area contributed by atoms with Gasteiger partial charge in [-0.3, -0.25) is 4.79 Å². The molecule has 0 bridgehead atoms. The highest BCUT2D eigenvalue weighted by atomic mass is 35.5. The third-order valence-electron chi connectivity index (χ3n) is 3.12. The lowest BCUT2D eigenvalue weighted by molar-refractivity contribution is -0.137. The van der Waals surface area contributed by atoms with Crippen molar-refractivity contribution < 1.29 is 26.4 Å². The summed E-state index contributed by atoms with van der Waals surface area (Å²) in [5, 5.41) is 3.73. The average molecular weight is 343 g/mol. The zero-order valence-corrected chi connectivity index (χ0v) is 12.0. The molecule has 1 aromatic rings. The fourth-order valence-corrected chi connectivity index (χ4v) is 2.97. The van der Waals surface area contributed by atoms with E-state index >= 15 is 0 Å². The van der Waals surface area contributed by atoms with Crippen molar-refractivity contribution in [2.45, 2.75) is 17.8 Å². The summed E-state index contributed by atoms with van der Waals surface area (Å²) in [7, 11) is -3.96. The van der Waals surface area contributed by atoms with Crippen LogP contribution in [0, 0.1) is 0 Å². The smallest absolute Gasteiger partial charge is 0.310 e. The summed E-state index contributed by atoms with van der Waals surface area (Å²) in [5.41, 5.74) is -1.16. The molecule has 0 spiro atoms. The molecule has 21 heavy (non-hydrogen) atoms. The van der Waals surface area contributed by atoms with Crippen molar-refractivity contribution in [3.63, 3.8) is 0 Å².